The number of hydrogen-bond acceptors (Lipinski definition) is 3. The van der Waals surface area contributed by atoms with Gasteiger partial charge in [-0.1, -0.05) is 30.3 Å². The van der Waals surface area contributed by atoms with Gasteiger partial charge in [0.1, 0.15) is 0 Å². The fourth-order valence-electron chi connectivity index (χ4n) is 2.28. The Bertz CT molecular complexity index is 375. The van der Waals surface area contributed by atoms with E-state index in [2.05, 4.69) is 10.6 Å². The number of carbonyl (C=O) groups excluding carboxylic acids is 1. The Morgan fingerprint density at radius 1 is 1.44 bits per heavy atom. The van der Waals surface area contributed by atoms with Gasteiger partial charge in [0, 0.05) is 6.54 Å². The van der Waals surface area contributed by atoms with Gasteiger partial charge in [0.15, 0.2) is 0 Å². The molecule has 1 amide bonds. The monoisotopic (exact) mass is 248 g/mol. The Hall–Kier alpha value is -1.39. The average Bonchev–Trinajstić information content (AvgIpc) is 2.46. The summed E-state index contributed by atoms with van der Waals surface area (Å²) in [4.78, 5) is 12.1. The van der Waals surface area contributed by atoms with E-state index in [0.29, 0.717) is 0 Å². The largest absolute Gasteiger partial charge is 0.394 e. The fraction of sp³-hybridized carbons (Fsp3) is 0.500. The highest BCUT2D eigenvalue weighted by atomic mass is 16.3. The number of hydrogen-bond donors (Lipinski definition) is 3. The molecular formula is C14H20N2O2. The maximum Gasteiger partial charge on any atom is 0.224 e. The molecule has 0 saturated carbocycles. The number of rotatable bonds is 4. The lowest BCUT2D eigenvalue weighted by Crippen LogP contribution is -2.42. The number of aliphatic hydroxyl groups is 1. The molecule has 1 heterocycles. The number of carbonyl (C=O) groups is 1. The van der Waals surface area contributed by atoms with Crippen molar-refractivity contribution in [2.45, 2.75) is 18.9 Å². The van der Waals surface area contributed by atoms with Gasteiger partial charge in [-0.15, -0.1) is 0 Å². The van der Waals surface area contributed by atoms with Gasteiger partial charge < -0.3 is 15.7 Å². The van der Waals surface area contributed by atoms with Crippen LogP contribution in [-0.2, 0) is 4.79 Å². The molecule has 1 aromatic carbocycles. The number of benzene rings is 1. The normalized spacial score (nSPS) is 21.3. The standard InChI is InChI=1S/C14H20N2O2/c17-10-13(11-5-2-1-3-6-11)16-14(18)12-7-4-8-15-9-12/h1-3,5-6,12-13,15,17H,4,7-10H2,(H,16,18)/t12?,13-/m0/s1. The molecule has 1 fully saturated rings. The summed E-state index contributed by atoms with van der Waals surface area (Å²) >= 11 is 0. The first-order valence-electron chi connectivity index (χ1n) is 6.48. The third kappa shape index (κ3) is 3.31. The second kappa shape index (κ2) is 6.52. The van der Waals surface area contributed by atoms with E-state index in [1.165, 1.54) is 0 Å². The van der Waals surface area contributed by atoms with Crippen LogP contribution in [0.15, 0.2) is 30.3 Å². The van der Waals surface area contributed by atoms with Crippen molar-refractivity contribution in [3.63, 3.8) is 0 Å². The molecule has 4 heteroatoms. The van der Waals surface area contributed by atoms with Crippen molar-refractivity contribution in [3.8, 4) is 0 Å². The highest BCUT2D eigenvalue weighted by Gasteiger charge is 2.23. The zero-order chi connectivity index (χ0) is 12.8. The maximum atomic E-state index is 12.1. The predicted molar refractivity (Wildman–Crippen MR) is 70.0 cm³/mol. The Balaban J connectivity index is 1.95. The molecule has 1 aliphatic rings. The molecule has 1 unspecified atom stereocenters. The number of nitrogens with one attached hydrogen (secondary N) is 2. The van der Waals surface area contributed by atoms with Gasteiger partial charge >= 0.3 is 0 Å². The quantitative estimate of drug-likeness (QED) is 0.740. The number of aliphatic hydroxyl groups excluding tert-OH is 1. The van der Waals surface area contributed by atoms with Crippen LogP contribution in [-0.4, -0.2) is 30.7 Å². The van der Waals surface area contributed by atoms with E-state index in [0.717, 1.165) is 31.5 Å². The van der Waals surface area contributed by atoms with Crippen LogP contribution in [0.1, 0.15) is 24.4 Å². The Kier molecular flexibility index (Phi) is 4.73. The molecule has 98 valence electrons. The zero-order valence-corrected chi connectivity index (χ0v) is 10.4. The summed E-state index contributed by atoms with van der Waals surface area (Å²) in [5.41, 5.74) is 0.942. The fourth-order valence-corrected chi connectivity index (χ4v) is 2.28. The first-order valence-corrected chi connectivity index (χ1v) is 6.48. The van der Waals surface area contributed by atoms with E-state index >= 15 is 0 Å². The molecule has 0 spiro atoms. The molecule has 4 nitrogen and oxygen atoms in total. The average molecular weight is 248 g/mol. The van der Waals surface area contributed by atoms with E-state index in [9.17, 15) is 9.90 Å². The van der Waals surface area contributed by atoms with Gasteiger partial charge in [-0.3, -0.25) is 4.79 Å². The van der Waals surface area contributed by atoms with Crippen LogP contribution in [0.25, 0.3) is 0 Å². The first-order chi connectivity index (χ1) is 8.81. The smallest absolute Gasteiger partial charge is 0.224 e. The van der Waals surface area contributed by atoms with Crippen molar-refractivity contribution < 1.29 is 9.90 Å². The Labute approximate surface area is 107 Å². The maximum absolute atomic E-state index is 12.1. The molecule has 18 heavy (non-hydrogen) atoms. The summed E-state index contributed by atoms with van der Waals surface area (Å²) in [6, 6.07) is 9.27. The lowest BCUT2D eigenvalue weighted by atomic mass is 9.98. The predicted octanol–water partition coefficient (Wildman–Crippen LogP) is 0.836. The number of piperidine rings is 1. The van der Waals surface area contributed by atoms with Crippen LogP contribution in [0.3, 0.4) is 0 Å². The van der Waals surface area contributed by atoms with Gasteiger partial charge in [-0.2, -0.15) is 0 Å². The van der Waals surface area contributed by atoms with Crippen LogP contribution < -0.4 is 10.6 Å². The molecule has 1 saturated heterocycles. The highest BCUT2D eigenvalue weighted by Crippen LogP contribution is 2.15. The van der Waals surface area contributed by atoms with E-state index < -0.39 is 0 Å². The molecule has 1 aromatic rings. The summed E-state index contributed by atoms with van der Waals surface area (Å²) in [7, 11) is 0. The summed E-state index contributed by atoms with van der Waals surface area (Å²) < 4.78 is 0. The van der Waals surface area contributed by atoms with Crippen molar-refractivity contribution in [3.05, 3.63) is 35.9 Å². The lowest BCUT2D eigenvalue weighted by Gasteiger charge is -2.25. The van der Waals surface area contributed by atoms with E-state index in [1.54, 1.807) is 0 Å². The minimum atomic E-state index is -0.305. The topological polar surface area (TPSA) is 61.4 Å². The van der Waals surface area contributed by atoms with Gasteiger partial charge in [-0.05, 0) is 24.9 Å². The molecule has 2 atom stereocenters. The summed E-state index contributed by atoms with van der Waals surface area (Å²) in [6.07, 6.45) is 1.96. The molecule has 2 rings (SSSR count). The molecule has 3 N–H and O–H groups in total. The van der Waals surface area contributed by atoms with Gasteiger partial charge in [0.05, 0.1) is 18.6 Å². The molecule has 0 aromatic heterocycles. The number of amides is 1. The molecule has 0 aliphatic carbocycles. The third-order valence-electron chi connectivity index (χ3n) is 3.37. The lowest BCUT2D eigenvalue weighted by molar-refractivity contribution is -0.126. The molecular weight excluding hydrogens is 228 g/mol. The Morgan fingerprint density at radius 3 is 2.83 bits per heavy atom. The second-order valence-corrected chi connectivity index (χ2v) is 4.70. The van der Waals surface area contributed by atoms with Crippen LogP contribution >= 0.6 is 0 Å². The van der Waals surface area contributed by atoms with Crippen molar-refractivity contribution >= 4 is 5.91 Å². The van der Waals surface area contributed by atoms with Crippen molar-refractivity contribution in [2.24, 2.45) is 5.92 Å². The van der Waals surface area contributed by atoms with Crippen molar-refractivity contribution in [1.29, 1.82) is 0 Å². The van der Waals surface area contributed by atoms with Crippen molar-refractivity contribution in [1.82, 2.24) is 10.6 Å². The van der Waals surface area contributed by atoms with Gasteiger partial charge in [-0.25, -0.2) is 0 Å². The third-order valence-corrected chi connectivity index (χ3v) is 3.37. The molecule has 0 bridgehead atoms. The van der Waals surface area contributed by atoms with Crippen LogP contribution in [0.4, 0.5) is 0 Å². The Morgan fingerprint density at radius 2 is 2.22 bits per heavy atom. The molecule has 0 radical (unpaired) electrons. The SMILES string of the molecule is O=C(N[C@@H](CO)c1ccccc1)C1CCCNC1. The first kappa shape index (κ1) is 13.1. The minimum Gasteiger partial charge on any atom is -0.394 e. The summed E-state index contributed by atoms with van der Waals surface area (Å²) in [5, 5.41) is 15.5. The van der Waals surface area contributed by atoms with Crippen LogP contribution in [0, 0.1) is 5.92 Å². The van der Waals surface area contributed by atoms with E-state index in [1.807, 2.05) is 30.3 Å². The zero-order valence-electron chi connectivity index (χ0n) is 10.4. The van der Waals surface area contributed by atoms with E-state index in [4.69, 9.17) is 0 Å². The van der Waals surface area contributed by atoms with Gasteiger partial charge in [0.2, 0.25) is 5.91 Å². The van der Waals surface area contributed by atoms with Crippen LogP contribution in [0.2, 0.25) is 0 Å². The van der Waals surface area contributed by atoms with Crippen LogP contribution in [0.5, 0.6) is 0 Å². The van der Waals surface area contributed by atoms with Gasteiger partial charge in [0.25, 0.3) is 0 Å². The molecule has 1 aliphatic heterocycles. The summed E-state index contributed by atoms with van der Waals surface area (Å²) in [5.74, 6) is 0.0571. The van der Waals surface area contributed by atoms with Crippen molar-refractivity contribution in [2.75, 3.05) is 19.7 Å². The summed E-state index contributed by atoms with van der Waals surface area (Å²) in [6.45, 7) is 1.65. The van der Waals surface area contributed by atoms with E-state index in [-0.39, 0.29) is 24.5 Å². The minimum absolute atomic E-state index is 0.0245. The highest BCUT2D eigenvalue weighted by molar-refractivity contribution is 5.79. The second-order valence-electron chi connectivity index (χ2n) is 4.70.